The first-order valence-electron chi connectivity index (χ1n) is 4.90. The monoisotopic (exact) mass is 257 g/mol. The van der Waals surface area contributed by atoms with E-state index in [1.165, 1.54) is 14.2 Å². The molecule has 1 aromatic rings. The molecule has 94 valence electrons. The molecule has 0 aliphatic rings. The molecule has 0 heterocycles. The average molecular weight is 257 g/mol. The maximum atomic E-state index is 11.5. The standard InChI is InChI=1S/C11H15NO4S/c1-8-5-6-9(11(13)16-3)10(7-8)12(2)17(4,14)15/h5-7H,1-4H3. The van der Waals surface area contributed by atoms with Gasteiger partial charge in [-0.2, -0.15) is 0 Å². The smallest absolute Gasteiger partial charge is 0.340 e. The van der Waals surface area contributed by atoms with Crippen molar-refractivity contribution in [1.82, 2.24) is 0 Å². The minimum absolute atomic E-state index is 0.228. The Hall–Kier alpha value is -1.56. The molecule has 0 aromatic heterocycles. The Kier molecular flexibility index (Phi) is 3.77. The summed E-state index contributed by atoms with van der Waals surface area (Å²) in [6, 6.07) is 4.91. The van der Waals surface area contributed by atoms with E-state index in [-0.39, 0.29) is 5.56 Å². The molecule has 0 saturated heterocycles. The molecule has 0 unspecified atom stereocenters. The number of anilines is 1. The van der Waals surface area contributed by atoms with E-state index >= 15 is 0 Å². The van der Waals surface area contributed by atoms with Crippen molar-refractivity contribution in [1.29, 1.82) is 0 Å². The number of carbonyl (C=O) groups excluding carboxylic acids is 1. The predicted octanol–water partition coefficient (Wildman–Crippen LogP) is 1.18. The lowest BCUT2D eigenvalue weighted by Gasteiger charge is -2.19. The molecule has 0 aliphatic carbocycles. The van der Waals surface area contributed by atoms with Gasteiger partial charge in [0, 0.05) is 7.05 Å². The van der Waals surface area contributed by atoms with Crippen molar-refractivity contribution in [2.45, 2.75) is 6.92 Å². The Morgan fingerprint density at radius 1 is 1.35 bits per heavy atom. The van der Waals surface area contributed by atoms with Crippen molar-refractivity contribution in [3.63, 3.8) is 0 Å². The van der Waals surface area contributed by atoms with E-state index in [1.807, 2.05) is 6.92 Å². The van der Waals surface area contributed by atoms with Crippen LogP contribution in [0.2, 0.25) is 0 Å². The lowest BCUT2D eigenvalue weighted by Crippen LogP contribution is -2.27. The Balaban J connectivity index is 3.40. The molecular weight excluding hydrogens is 242 g/mol. The molecule has 0 N–H and O–H groups in total. The molecule has 0 aliphatic heterocycles. The van der Waals surface area contributed by atoms with Crippen LogP contribution in [0.4, 0.5) is 5.69 Å². The highest BCUT2D eigenvalue weighted by molar-refractivity contribution is 7.92. The maximum absolute atomic E-state index is 11.5. The van der Waals surface area contributed by atoms with Crippen molar-refractivity contribution in [3.05, 3.63) is 29.3 Å². The van der Waals surface area contributed by atoms with Crippen molar-refractivity contribution < 1.29 is 17.9 Å². The molecule has 0 fully saturated rings. The summed E-state index contributed by atoms with van der Waals surface area (Å²) < 4.78 is 28.6. The number of hydrogen-bond donors (Lipinski definition) is 0. The van der Waals surface area contributed by atoms with Crippen LogP contribution < -0.4 is 4.31 Å². The van der Waals surface area contributed by atoms with Crippen LogP contribution in [0.1, 0.15) is 15.9 Å². The topological polar surface area (TPSA) is 63.7 Å². The Morgan fingerprint density at radius 2 is 1.94 bits per heavy atom. The van der Waals surface area contributed by atoms with Gasteiger partial charge >= 0.3 is 5.97 Å². The van der Waals surface area contributed by atoms with Gasteiger partial charge in [0.15, 0.2) is 0 Å². The van der Waals surface area contributed by atoms with E-state index < -0.39 is 16.0 Å². The van der Waals surface area contributed by atoms with E-state index in [0.29, 0.717) is 5.69 Å². The lowest BCUT2D eigenvalue weighted by molar-refractivity contribution is 0.0601. The van der Waals surface area contributed by atoms with Gasteiger partial charge in [-0.3, -0.25) is 4.31 Å². The van der Waals surface area contributed by atoms with Crippen molar-refractivity contribution >= 4 is 21.7 Å². The summed E-state index contributed by atoms with van der Waals surface area (Å²) >= 11 is 0. The number of sulfonamides is 1. The summed E-state index contributed by atoms with van der Waals surface area (Å²) in [4.78, 5) is 11.5. The lowest BCUT2D eigenvalue weighted by atomic mass is 10.1. The van der Waals surface area contributed by atoms with Crippen LogP contribution in [0, 0.1) is 6.92 Å². The highest BCUT2D eigenvalue weighted by Crippen LogP contribution is 2.23. The number of ether oxygens (including phenoxy) is 1. The summed E-state index contributed by atoms with van der Waals surface area (Å²) in [5, 5.41) is 0. The third-order valence-corrected chi connectivity index (χ3v) is 3.59. The van der Waals surface area contributed by atoms with Gasteiger partial charge in [0.05, 0.1) is 24.6 Å². The van der Waals surface area contributed by atoms with Crippen LogP contribution in [0.5, 0.6) is 0 Å². The minimum Gasteiger partial charge on any atom is -0.465 e. The van der Waals surface area contributed by atoms with Gasteiger partial charge in [-0.25, -0.2) is 13.2 Å². The normalized spacial score (nSPS) is 11.1. The number of benzene rings is 1. The van der Waals surface area contributed by atoms with E-state index in [4.69, 9.17) is 0 Å². The van der Waals surface area contributed by atoms with Gasteiger partial charge in [0.2, 0.25) is 10.0 Å². The fourth-order valence-corrected chi connectivity index (χ4v) is 1.87. The van der Waals surface area contributed by atoms with Crippen molar-refractivity contribution in [2.24, 2.45) is 0 Å². The fourth-order valence-electron chi connectivity index (χ4n) is 1.36. The van der Waals surface area contributed by atoms with Crippen LogP contribution in [-0.2, 0) is 14.8 Å². The highest BCUT2D eigenvalue weighted by atomic mass is 32.2. The average Bonchev–Trinajstić information content (AvgIpc) is 2.25. The third-order valence-electron chi connectivity index (χ3n) is 2.40. The van der Waals surface area contributed by atoms with Crippen LogP contribution >= 0.6 is 0 Å². The first kappa shape index (κ1) is 13.5. The number of esters is 1. The van der Waals surface area contributed by atoms with Crippen molar-refractivity contribution in [2.75, 3.05) is 24.7 Å². The minimum atomic E-state index is -3.41. The molecule has 0 amide bonds. The predicted molar refractivity (Wildman–Crippen MR) is 65.8 cm³/mol. The molecule has 5 nitrogen and oxygen atoms in total. The largest absolute Gasteiger partial charge is 0.465 e. The molecule has 0 saturated carbocycles. The molecule has 0 radical (unpaired) electrons. The first-order valence-corrected chi connectivity index (χ1v) is 6.75. The van der Waals surface area contributed by atoms with Gasteiger partial charge in [0.1, 0.15) is 0 Å². The van der Waals surface area contributed by atoms with Gasteiger partial charge in [-0.05, 0) is 24.6 Å². The fraction of sp³-hybridized carbons (Fsp3) is 0.364. The molecule has 0 spiro atoms. The highest BCUT2D eigenvalue weighted by Gasteiger charge is 2.20. The van der Waals surface area contributed by atoms with Crippen LogP contribution in [0.25, 0.3) is 0 Å². The van der Waals surface area contributed by atoms with E-state index in [9.17, 15) is 13.2 Å². The van der Waals surface area contributed by atoms with Gasteiger partial charge in [-0.15, -0.1) is 0 Å². The second-order valence-corrected chi connectivity index (χ2v) is 5.76. The second-order valence-electron chi connectivity index (χ2n) is 3.74. The third kappa shape index (κ3) is 2.97. The van der Waals surface area contributed by atoms with Gasteiger partial charge in [0.25, 0.3) is 0 Å². The van der Waals surface area contributed by atoms with E-state index in [1.54, 1.807) is 18.2 Å². The number of carbonyl (C=O) groups is 1. The molecule has 0 atom stereocenters. The van der Waals surface area contributed by atoms with Crippen LogP contribution in [0.15, 0.2) is 18.2 Å². The maximum Gasteiger partial charge on any atom is 0.340 e. The van der Waals surface area contributed by atoms with Crippen LogP contribution in [0.3, 0.4) is 0 Å². The molecule has 1 aromatic carbocycles. The summed E-state index contributed by atoms with van der Waals surface area (Å²) in [5.74, 6) is -0.560. The zero-order chi connectivity index (χ0) is 13.2. The van der Waals surface area contributed by atoms with Gasteiger partial charge < -0.3 is 4.74 Å². The molecule has 6 heteroatoms. The van der Waals surface area contributed by atoms with Gasteiger partial charge in [-0.1, -0.05) is 6.07 Å². The van der Waals surface area contributed by atoms with Crippen molar-refractivity contribution in [3.8, 4) is 0 Å². The zero-order valence-corrected chi connectivity index (χ0v) is 11.0. The van der Waals surface area contributed by atoms with Crippen LogP contribution in [-0.4, -0.2) is 34.8 Å². The number of hydrogen-bond acceptors (Lipinski definition) is 4. The summed E-state index contributed by atoms with van der Waals surface area (Å²) in [6.45, 7) is 1.82. The SMILES string of the molecule is COC(=O)c1ccc(C)cc1N(C)S(C)(=O)=O. The summed E-state index contributed by atoms with van der Waals surface area (Å²) in [5.41, 5.74) is 1.41. The first-order chi connectivity index (χ1) is 7.77. The number of aryl methyl sites for hydroxylation is 1. The quantitative estimate of drug-likeness (QED) is 0.763. The van der Waals surface area contributed by atoms with E-state index in [2.05, 4.69) is 4.74 Å². The Labute approximate surface area is 101 Å². The second kappa shape index (κ2) is 4.75. The number of nitrogens with zero attached hydrogens (tertiary/aromatic N) is 1. The molecule has 17 heavy (non-hydrogen) atoms. The number of methoxy groups -OCH3 is 1. The molecule has 0 bridgehead atoms. The Bertz CT molecular complexity index is 536. The zero-order valence-electron chi connectivity index (χ0n) is 10.2. The summed E-state index contributed by atoms with van der Waals surface area (Å²) in [6.07, 6.45) is 1.08. The van der Waals surface area contributed by atoms with E-state index in [0.717, 1.165) is 16.1 Å². The molecule has 1 rings (SSSR count). The molecular formula is C11H15NO4S. The number of rotatable bonds is 3. The Morgan fingerprint density at radius 3 is 2.41 bits per heavy atom. The summed E-state index contributed by atoms with van der Waals surface area (Å²) in [7, 11) is -0.756.